The fourth-order valence-corrected chi connectivity index (χ4v) is 2.84. The fourth-order valence-electron chi connectivity index (χ4n) is 1.93. The summed E-state index contributed by atoms with van der Waals surface area (Å²) in [7, 11) is 0. The van der Waals surface area contributed by atoms with Crippen LogP contribution in [0.15, 0.2) is 36.4 Å². The Morgan fingerprint density at radius 2 is 1.89 bits per heavy atom. The number of hydrogen-bond acceptors (Lipinski definition) is 3. The Kier molecular flexibility index (Phi) is 4.53. The molecule has 2 nitrogen and oxygen atoms in total. The van der Waals surface area contributed by atoms with E-state index in [1.807, 2.05) is 29.5 Å². The zero-order valence-corrected chi connectivity index (χ0v) is 11.6. The first-order valence-electron chi connectivity index (χ1n) is 6.18. The Bertz CT molecular complexity index is 507. The van der Waals surface area contributed by atoms with Gasteiger partial charge in [0.05, 0.1) is 6.61 Å². The number of aryl methyl sites for hydroxylation is 1. The summed E-state index contributed by atoms with van der Waals surface area (Å²) in [6, 6.07) is 12.7. The van der Waals surface area contributed by atoms with Crippen molar-refractivity contribution in [3.8, 4) is 0 Å². The van der Waals surface area contributed by atoms with Crippen molar-refractivity contribution in [1.82, 2.24) is 5.32 Å². The summed E-state index contributed by atoms with van der Waals surface area (Å²) in [6.07, 6.45) is 0. The van der Waals surface area contributed by atoms with Crippen LogP contribution in [-0.4, -0.2) is 5.11 Å². The van der Waals surface area contributed by atoms with Gasteiger partial charge in [0, 0.05) is 22.3 Å². The van der Waals surface area contributed by atoms with E-state index in [1.54, 1.807) is 0 Å². The van der Waals surface area contributed by atoms with E-state index in [9.17, 15) is 5.11 Å². The van der Waals surface area contributed by atoms with Gasteiger partial charge in [0.15, 0.2) is 0 Å². The van der Waals surface area contributed by atoms with Gasteiger partial charge in [-0.15, -0.1) is 11.3 Å². The van der Waals surface area contributed by atoms with Gasteiger partial charge in [-0.1, -0.05) is 24.3 Å². The van der Waals surface area contributed by atoms with Crippen LogP contribution in [0.4, 0.5) is 0 Å². The Balaban J connectivity index is 1.99. The summed E-state index contributed by atoms with van der Waals surface area (Å²) in [5, 5.41) is 12.8. The third kappa shape index (κ3) is 3.19. The molecule has 0 saturated carbocycles. The van der Waals surface area contributed by atoms with E-state index in [2.05, 4.69) is 37.4 Å². The lowest BCUT2D eigenvalue weighted by atomic mass is 10.1. The Hall–Kier alpha value is -1.16. The van der Waals surface area contributed by atoms with Crippen LogP contribution in [0.25, 0.3) is 0 Å². The summed E-state index contributed by atoms with van der Waals surface area (Å²) in [5.41, 5.74) is 2.17. The highest BCUT2D eigenvalue weighted by Crippen LogP contribution is 2.22. The van der Waals surface area contributed by atoms with Gasteiger partial charge in [0.1, 0.15) is 0 Å². The topological polar surface area (TPSA) is 32.3 Å². The van der Waals surface area contributed by atoms with Gasteiger partial charge in [-0.05, 0) is 37.1 Å². The highest BCUT2D eigenvalue weighted by Gasteiger charge is 2.08. The quantitative estimate of drug-likeness (QED) is 0.864. The van der Waals surface area contributed by atoms with Gasteiger partial charge in [0.2, 0.25) is 0 Å². The van der Waals surface area contributed by atoms with Gasteiger partial charge in [-0.25, -0.2) is 0 Å². The molecule has 3 heteroatoms. The largest absolute Gasteiger partial charge is 0.392 e. The molecule has 1 aromatic carbocycles. The predicted molar refractivity (Wildman–Crippen MR) is 76.7 cm³/mol. The van der Waals surface area contributed by atoms with Gasteiger partial charge >= 0.3 is 0 Å². The standard InChI is InChI=1S/C15H19NOS/c1-11-7-8-15(18-11)12(2)16-9-13-5-3-4-6-14(13)10-17/h3-8,12,16-17H,9-10H2,1-2H3. The van der Waals surface area contributed by atoms with Crippen LogP contribution in [0, 0.1) is 6.92 Å². The van der Waals surface area contributed by atoms with Crippen LogP contribution in [0.2, 0.25) is 0 Å². The first-order valence-corrected chi connectivity index (χ1v) is 6.99. The molecule has 0 spiro atoms. The number of hydrogen-bond donors (Lipinski definition) is 2. The number of aliphatic hydroxyl groups is 1. The second kappa shape index (κ2) is 6.14. The molecule has 0 aliphatic carbocycles. The maximum Gasteiger partial charge on any atom is 0.0685 e. The molecule has 0 saturated heterocycles. The number of nitrogens with one attached hydrogen (secondary N) is 1. The van der Waals surface area contributed by atoms with Crippen LogP contribution in [-0.2, 0) is 13.2 Å². The van der Waals surface area contributed by atoms with Crippen LogP contribution in [0.5, 0.6) is 0 Å². The van der Waals surface area contributed by atoms with E-state index in [-0.39, 0.29) is 6.61 Å². The van der Waals surface area contributed by atoms with E-state index in [4.69, 9.17) is 0 Å². The van der Waals surface area contributed by atoms with E-state index >= 15 is 0 Å². The van der Waals surface area contributed by atoms with Crippen LogP contribution in [0.3, 0.4) is 0 Å². The third-order valence-corrected chi connectivity index (χ3v) is 4.26. The van der Waals surface area contributed by atoms with Crippen LogP contribution < -0.4 is 5.32 Å². The average Bonchev–Trinajstić information content (AvgIpc) is 2.83. The molecule has 0 bridgehead atoms. The lowest BCUT2D eigenvalue weighted by Crippen LogP contribution is -2.18. The van der Waals surface area contributed by atoms with Crippen LogP contribution in [0.1, 0.15) is 33.8 Å². The predicted octanol–water partition coefficient (Wildman–Crippen LogP) is 3.40. The average molecular weight is 261 g/mol. The summed E-state index contributed by atoms with van der Waals surface area (Å²) in [4.78, 5) is 2.70. The molecule has 2 rings (SSSR count). The lowest BCUT2D eigenvalue weighted by Gasteiger charge is -2.14. The van der Waals surface area contributed by atoms with Crippen LogP contribution >= 0.6 is 11.3 Å². The maximum absolute atomic E-state index is 9.28. The SMILES string of the molecule is Cc1ccc(C(C)NCc2ccccc2CO)s1. The maximum atomic E-state index is 9.28. The molecular formula is C15H19NOS. The monoisotopic (exact) mass is 261 g/mol. The van der Waals surface area contributed by atoms with E-state index < -0.39 is 0 Å². The minimum atomic E-state index is 0.102. The molecule has 18 heavy (non-hydrogen) atoms. The Morgan fingerprint density at radius 3 is 2.50 bits per heavy atom. The Morgan fingerprint density at radius 1 is 1.17 bits per heavy atom. The molecule has 1 atom stereocenters. The summed E-state index contributed by atoms with van der Waals surface area (Å²) < 4.78 is 0. The molecule has 2 aromatic rings. The molecule has 96 valence electrons. The normalized spacial score (nSPS) is 12.6. The Labute approximate surface area is 112 Å². The molecule has 2 N–H and O–H groups in total. The van der Waals surface area contributed by atoms with E-state index in [0.29, 0.717) is 6.04 Å². The third-order valence-electron chi connectivity index (χ3n) is 3.08. The van der Waals surface area contributed by atoms with E-state index in [1.165, 1.54) is 15.3 Å². The second-order valence-corrected chi connectivity index (χ2v) is 5.80. The highest BCUT2D eigenvalue weighted by atomic mass is 32.1. The van der Waals surface area contributed by atoms with Crippen molar-refractivity contribution >= 4 is 11.3 Å². The van der Waals surface area contributed by atoms with Gasteiger partial charge in [0.25, 0.3) is 0 Å². The molecule has 1 heterocycles. The summed E-state index contributed by atoms with van der Waals surface area (Å²) in [5.74, 6) is 0. The zero-order chi connectivity index (χ0) is 13.0. The first kappa shape index (κ1) is 13.3. The fraction of sp³-hybridized carbons (Fsp3) is 0.333. The minimum absolute atomic E-state index is 0.102. The second-order valence-electron chi connectivity index (χ2n) is 4.48. The smallest absolute Gasteiger partial charge is 0.0685 e. The number of benzene rings is 1. The molecule has 0 aliphatic heterocycles. The minimum Gasteiger partial charge on any atom is -0.392 e. The molecule has 1 unspecified atom stereocenters. The molecule has 0 amide bonds. The molecule has 0 radical (unpaired) electrons. The first-order chi connectivity index (χ1) is 8.70. The van der Waals surface area contributed by atoms with Crippen molar-refractivity contribution in [2.24, 2.45) is 0 Å². The van der Waals surface area contributed by atoms with Crippen molar-refractivity contribution in [3.63, 3.8) is 0 Å². The van der Waals surface area contributed by atoms with Crippen molar-refractivity contribution in [2.75, 3.05) is 0 Å². The van der Waals surface area contributed by atoms with Crippen molar-refractivity contribution in [2.45, 2.75) is 33.0 Å². The highest BCUT2D eigenvalue weighted by molar-refractivity contribution is 7.12. The van der Waals surface area contributed by atoms with Crippen molar-refractivity contribution < 1.29 is 5.11 Å². The van der Waals surface area contributed by atoms with Gasteiger partial charge < -0.3 is 10.4 Å². The van der Waals surface area contributed by atoms with Gasteiger partial charge in [-0.2, -0.15) is 0 Å². The molecule has 0 fully saturated rings. The lowest BCUT2D eigenvalue weighted by molar-refractivity contribution is 0.280. The molecular weight excluding hydrogens is 242 g/mol. The van der Waals surface area contributed by atoms with Crippen molar-refractivity contribution in [1.29, 1.82) is 0 Å². The zero-order valence-electron chi connectivity index (χ0n) is 10.8. The summed E-state index contributed by atoms with van der Waals surface area (Å²) in [6.45, 7) is 5.19. The molecule has 0 aliphatic rings. The van der Waals surface area contributed by atoms with E-state index in [0.717, 1.165) is 12.1 Å². The van der Waals surface area contributed by atoms with Gasteiger partial charge in [-0.3, -0.25) is 0 Å². The number of rotatable bonds is 5. The van der Waals surface area contributed by atoms with Crippen molar-refractivity contribution in [3.05, 3.63) is 57.3 Å². The summed E-state index contributed by atoms with van der Waals surface area (Å²) >= 11 is 1.83. The number of aliphatic hydroxyl groups excluding tert-OH is 1. The molecule has 1 aromatic heterocycles. The number of thiophene rings is 1.